The third-order valence-electron chi connectivity index (χ3n) is 6.76. The van der Waals surface area contributed by atoms with Gasteiger partial charge in [-0.25, -0.2) is 4.79 Å². The van der Waals surface area contributed by atoms with Crippen molar-refractivity contribution < 1.29 is 9.59 Å². The number of likely N-dealkylation sites (tertiary alicyclic amines) is 3. The van der Waals surface area contributed by atoms with Gasteiger partial charge in [0.2, 0.25) is 5.91 Å². The van der Waals surface area contributed by atoms with Gasteiger partial charge in [-0.15, -0.1) is 0 Å². The second-order valence-corrected chi connectivity index (χ2v) is 8.43. The van der Waals surface area contributed by atoms with Gasteiger partial charge in [0.1, 0.15) is 0 Å². The molecule has 0 bridgehead atoms. The van der Waals surface area contributed by atoms with Crippen LogP contribution in [0.4, 0.5) is 10.5 Å². The number of hydrogen-bond acceptors (Lipinski definition) is 3. The van der Waals surface area contributed by atoms with Gasteiger partial charge in [0.15, 0.2) is 0 Å². The van der Waals surface area contributed by atoms with Crippen LogP contribution in [0.5, 0.6) is 0 Å². The first-order chi connectivity index (χ1) is 13.6. The third-order valence-corrected chi connectivity index (χ3v) is 6.76. The number of nitrogens with one attached hydrogen (secondary N) is 1. The highest BCUT2D eigenvalue weighted by Gasteiger charge is 2.40. The van der Waals surface area contributed by atoms with Gasteiger partial charge in [-0.2, -0.15) is 0 Å². The molecule has 1 aromatic rings. The van der Waals surface area contributed by atoms with Gasteiger partial charge in [0.05, 0.1) is 0 Å². The minimum Gasteiger partial charge on any atom is -0.338 e. The molecule has 2 atom stereocenters. The second-order valence-electron chi connectivity index (χ2n) is 8.43. The van der Waals surface area contributed by atoms with Gasteiger partial charge in [0, 0.05) is 43.3 Å². The van der Waals surface area contributed by atoms with E-state index in [0.29, 0.717) is 31.1 Å². The average molecular weight is 385 g/mol. The average Bonchev–Trinajstić information content (AvgIpc) is 3.38. The maximum atomic E-state index is 13.1. The van der Waals surface area contributed by atoms with Crippen molar-refractivity contribution in [3.05, 3.63) is 30.3 Å². The minimum absolute atomic E-state index is 0.0561. The van der Waals surface area contributed by atoms with Crippen LogP contribution in [0.1, 0.15) is 39.0 Å². The predicted octanol–water partition coefficient (Wildman–Crippen LogP) is 3.02. The van der Waals surface area contributed by atoms with Crippen LogP contribution in [0.15, 0.2) is 30.3 Å². The van der Waals surface area contributed by atoms with E-state index in [4.69, 9.17) is 0 Å². The molecule has 3 aliphatic heterocycles. The number of hydrogen-bond donors (Lipinski definition) is 1. The van der Waals surface area contributed by atoms with Crippen LogP contribution >= 0.6 is 0 Å². The first kappa shape index (κ1) is 19.2. The zero-order valence-corrected chi connectivity index (χ0v) is 16.8. The monoisotopic (exact) mass is 384 g/mol. The molecule has 0 aliphatic carbocycles. The number of para-hydroxylation sites is 1. The second kappa shape index (κ2) is 8.52. The lowest BCUT2D eigenvalue weighted by Crippen LogP contribution is -2.48. The fraction of sp³-hybridized carbons (Fsp3) is 0.636. The Morgan fingerprint density at radius 2 is 1.61 bits per heavy atom. The molecule has 1 N–H and O–H groups in total. The lowest BCUT2D eigenvalue weighted by atomic mass is 9.95. The summed E-state index contributed by atoms with van der Waals surface area (Å²) < 4.78 is 0. The van der Waals surface area contributed by atoms with Crippen LogP contribution in [-0.2, 0) is 4.79 Å². The molecule has 0 saturated carbocycles. The molecule has 6 heteroatoms. The Balaban J connectivity index is 1.27. The highest BCUT2D eigenvalue weighted by atomic mass is 16.2. The van der Waals surface area contributed by atoms with Crippen molar-refractivity contribution in [1.82, 2.24) is 14.7 Å². The predicted molar refractivity (Wildman–Crippen MR) is 110 cm³/mol. The molecule has 4 rings (SSSR count). The molecule has 0 aromatic heterocycles. The molecule has 152 valence electrons. The molecule has 1 aromatic carbocycles. The van der Waals surface area contributed by atoms with E-state index < -0.39 is 0 Å². The molecule has 6 nitrogen and oxygen atoms in total. The maximum Gasteiger partial charge on any atom is 0.321 e. The van der Waals surface area contributed by atoms with Crippen molar-refractivity contribution in [2.45, 2.75) is 51.1 Å². The van der Waals surface area contributed by atoms with Crippen LogP contribution < -0.4 is 5.32 Å². The van der Waals surface area contributed by atoms with Gasteiger partial charge >= 0.3 is 6.03 Å². The number of piperidine rings is 1. The van der Waals surface area contributed by atoms with E-state index in [0.717, 1.165) is 31.5 Å². The zero-order chi connectivity index (χ0) is 19.5. The Bertz CT molecular complexity index is 681. The Labute approximate surface area is 167 Å². The number of amides is 3. The third kappa shape index (κ3) is 4.02. The number of carbonyl (C=O) groups is 2. The highest BCUT2D eigenvalue weighted by Crippen LogP contribution is 2.29. The summed E-state index contributed by atoms with van der Waals surface area (Å²) in [5.74, 6) is 0.359. The molecule has 0 radical (unpaired) electrons. The van der Waals surface area contributed by atoms with Crippen molar-refractivity contribution in [3.63, 3.8) is 0 Å². The van der Waals surface area contributed by atoms with Crippen LogP contribution in [0.2, 0.25) is 0 Å². The molecule has 3 aliphatic rings. The fourth-order valence-electron chi connectivity index (χ4n) is 5.08. The summed E-state index contributed by atoms with van der Waals surface area (Å²) in [7, 11) is 0. The van der Waals surface area contributed by atoms with Gasteiger partial charge in [-0.1, -0.05) is 18.2 Å². The van der Waals surface area contributed by atoms with Crippen LogP contribution in [-0.4, -0.2) is 71.4 Å². The van der Waals surface area contributed by atoms with Crippen molar-refractivity contribution in [1.29, 1.82) is 0 Å². The molecule has 3 amide bonds. The maximum absolute atomic E-state index is 13.1. The number of urea groups is 1. The van der Waals surface area contributed by atoms with Gasteiger partial charge in [-0.05, 0) is 64.3 Å². The Morgan fingerprint density at radius 1 is 0.929 bits per heavy atom. The van der Waals surface area contributed by atoms with Crippen LogP contribution in [0, 0.1) is 5.92 Å². The van der Waals surface area contributed by atoms with Gasteiger partial charge in [-0.3, -0.25) is 9.69 Å². The smallest absolute Gasteiger partial charge is 0.321 e. The number of anilines is 1. The summed E-state index contributed by atoms with van der Waals surface area (Å²) in [4.78, 5) is 32.1. The van der Waals surface area contributed by atoms with Crippen molar-refractivity contribution in [3.8, 4) is 0 Å². The zero-order valence-electron chi connectivity index (χ0n) is 16.8. The molecular weight excluding hydrogens is 352 g/mol. The van der Waals surface area contributed by atoms with Crippen LogP contribution in [0.3, 0.4) is 0 Å². The van der Waals surface area contributed by atoms with E-state index in [1.54, 1.807) is 0 Å². The number of carbonyl (C=O) groups excluding carboxylic acids is 2. The molecular formula is C22H32N4O2. The first-order valence-electron chi connectivity index (χ1n) is 10.8. The van der Waals surface area contributed by atoms with Crippen molar-refractivity contribution >= 4 is 17.6 Å². The summed E-state index contributed by atoms with van der Waals surface area (Å²) in [6, 6.07) is 10.3. The lowest BCUT2D eigenvalue weighted by Gasteiger charge is -2.35. The highest BCUT2D eigenvalue weighted by molar-refractivity contribution is 5.89. The Hall–Kier alpha value is -2.08. The van der Waals surface area contributed by atoms with E-state index in [1.165, 1.54) is 25.9 Å². The summed E-state index contributed by atoms with van der Waals surface area (Å²) in [5, 5.41) is 2.94. The Kier molecular flexibility index (Phi) is 5.85. The first-order valence-corrected chi connectivity index (χ1v) is 10.8. The molecule has 0 spiro atoms. The molecule has 3 saturated heterocycles. The summed E-state index contributed by atoms with van der Waals surface area (Å²) >= 11 is 0. The van der Waals surface area contributed by atoms with Crippen molar-refractivity contribution in [2.75, 3.05) is 38.0 Å². The fourth-order valence-corrected chi connectivity index (χ4v) is 5.08. The summed E-state index contributed by atoms with van der Waals surface area (Å²) in [6.45, 7) is 6.77. The number of benzene rings is 1. The minimum atomic E-state index is -0.0688. The lowest BCUT2D eigenvalue weighted by molar-refractivity contribution is -0.137. The molecule has 2 unspecified atom stereocenters. The number of rotatable bonds is 3. The SMILES string of the molecule is CC1C(N2CCCC2)CCN1C(=O)C1CCN(C(=O)Nc2ccccc2)CC1. The quantitative estimate of drug-likeness (QED) is 0.872. The molecule has 3 heterocycles. The number of nitrogens with zero attached hydrogens (tertiary/aromatic N) is 3. The van der Waals surface area contributed by atoms with E-state index in [2.05, 4.69) is 22.0 Å². The standard InChI is InChI=1S/C22H32N4O2/c1-17-20(24-12-5-6-13-24)11-16-26(17)21(27)18-9-14-25(15-10-18)22(28)23-19-7-3-2-4-8-19/h2-4,7-8,17-18,20H,5-6,9-16H2,1H3,(H,23,28). The topological polar surface area (TPSA) is 55.9 Å². The van der Waals surface area contributed by atoms with Crippen molar-refractivity contribution in [2.24, 2.45) is 5.92 Å². The van der Waals surface area contributed by atoms with Gasteiger partial charge < -0.3 is 15.1 Å². The summed E-state index contributed by atoms with van der Waals surface area (Å²) in [6.07, 6.45) is 5.21. The van der Waals surface area contributed by atoms with E-state index in [9.17, 15) is 9.59 Å². The van der Waals surface area contributed by atoms with Gasteiger partial charge in [0.25, 0.3) is 0 Å². The van der Waals surface area contributed by atoms with E-state index >= 15 is 0 Å². The summed E-state index contributed by atoms with van der Waals surface area (Å²) in [5.41, 5.74) is 0.810. The Morgan fingerprint density at radius 3 is 2.29 bits per heavy atom. The van der Waals surface area contributed by atoms with Crippen LogP contribution in [0.25, 0.3) is 0 Å². The van der Waals surface area contributed by atoms with E-state index in [1.807, 2.05) is 35.2 Å². The normalized spacial score (nSPS) is 26.6. The molecule has 3 fully saturated rings. The molecule has 28 heavy (non-hydrogen) atoms. The largest absolute Gasteiger partial charge is 0.338 e. The van der Waals surface area contributed by atoms with E-state index in [-0.39, 0.29) is 11.9 Å².